The number of nitrogens with zero attached hydrogens (tertiary/aromatic N) is 2. The predicted octanol–water partition coefficient (Wildman–Crippen LogP) is 1.26. The van der Waals surface area contributed by atoms with Crippen molar-refractivity contribution in [2.24, 2.45) is 5.92 Å². The van der Waals surface area contributed by atoms with Gasteiger partial charge in [-0.2, -0.15) is 5.10 Å². The molecule has 0 aromatic carbocycles. The van der Waals surface area contributed by atoms with Gasteiger partial charge in [0.2, 0.25) is 11.1 Å². The highest BCUT2D eigenvalue weighted by atomic mass is 32.2. The summed E-state index contributed by atoms with van der Waals surface area (Å²) < 4.78 is 21.4. The third kappa shape index (κ3) is 1.81. The monoisotopic (exact) mass is 200 g/mol. The Morgan fingerprint density at radius 3 is 3.00 bits per heavy atom. The quantitative estimate of drug-likeness (QED) is 0.747. The summed E-state index contributed by atoms with van der Waals surface area (Å²) in [6.45, 7) is 0.786. The maximum atomic E-state index is 10.8. The van der Waals surface area contributed by atoms with Gasteiger partial charge in [-0.3, -0.25) is 4.68 Å². The molecule has 0 spiro atoms. The van der Waals surface area contributed by atoms with Crippen molar-refractivity contribution in [3.63, 3.8) is 0 Å². The summed E-state index contributed by atoms with van der Waals surface area (Å²) in [6.07, 6.45) is 5.29. The van der Waals surface area contributed by atoms with Crippen LogP contribution in [0.3, 0.4) is 0 Å². The fourth-order valence-corrected chi connectivity index (χ4v) is 2.01. The van der Waals surface area contributed by atoms with Crippen LogP contribution in [0.5, 0.6) is 0 Å². The Kier molecular flexibility index (Phi) is 2.46. The molecule has 1 aliphatic rings. The topological polar surface area (TPSA) is 55.1 Å². The fourth-order valence-electron chi connectivity index (χ4n) is 1.53. The fraction of sp³-hybridized carbons (Fsp3) is 0.625. The SMILES string of the molecule is O=S(O)c1ccnn1CC1CCC1. The lowest BCUT2D eigenvalue weighted by Crippen LogP contribution is -2.20. The first-order chi connectivity index (χ1) is 6.27. The molecule has 0 bridgehead atoms. The molecule has 0 saturated heterocycles. The molecule has 13 heavy (non-hydrogen) atoms. The Balaban J connectivity index is 2.09. The number of aromatic nitrogens is 2. The van der Waals surface area contributed by atoms with Gasteiger partial charge < -0.3 is 4.55 Å². The summed E-state index contributed by atoms with van der Waals surface area (Å²) in [5, 5.41) is 4.43. The second-order valence-electron chi connectivity index (χ2n) is 3.40. The van der Waals surface area contributed by atoms with E-state index in [1.54, 1.807) is 16.9 Å². The van der Waals surface area contributed by atoms with Gasteiger partial charge in [-0.15, -0.1) is 0 Å². The van der Waals surface area contributed by atoms with Crippen molar-refractivity contribution in [3.05, 3.63) is 12.3 Å². The standard InChI is InChI=1S/C8H12N2O2S/c11-13(12)8-4-5-9-10(8)6-7-2-1-3-7/h4-5,7H,1-3,6H2,(H,11,12). The van der Waals surface area contributed by atoms with E-state index in [9.17, 15) is 4.21 Å². The third-order valence-corrected chi connectivity index (χ3v) is 3.22. The highest BCUT2D eigenvalue weighted by molar-refractivity contribution is 7.79. The molecule has 1 unspecified atom stereocenters. The smallest absolute Gasteiger partial charge is 0.205 e. The van der Waals surface area contributed by atoms with Crippen LogP contribution in [0.4, 0.5) is 0 Å². The molecule has 0 amide bonds. The molecular weight excluding hydrogens is 188 g/mol. The van der Waals surface area contributed by atoms with Crippen LogP contribution in [-0.2, 0) is 17.6 Å². The maximum Gasteiger partial charge on any atom is 0.205 e. The molecule has 1 atom stereocenters. The normalized spacial score (nSPS) is 19.8. The highest BCUT2D eigenvalue weighted by Crippen LogP contribution is 2.28. The van der Waals surface area contributed by atoms with E-state index in [2.05, 4.69) is 5.10 Å². The first-order valence-electron chi connectivity index (χ1n) is 4.40. The van der Waals surface area contributed by atoms with Gasteiger partial charge in [-0.1, -0.05) is 6.42 Å². The summed E-state index contributed by atoms with van der Waals surface area (Å²) in [4.78, 5) is 0. The van der Waals surface area contributed by atoms with Crippen LogP contribution in [0.1, 0.15) is 19.3 Å². The second kappa shape index (κ2) is 3.59. The zero-order valence-electron chi connectivity index (χ0n) is 7.22. The summed E-state index contributed by atoms with van der Waals surface area (Å²) >= 11 is -1.90. The molecule has 1 saturated carbocycles. The number of rotatable bonds is 3. The Morgan fingerprint density at radius 2 is 2.46 bits per heavy atom. The van der Waals surface area contributed by atoms with E-state index in [1.165, 1.54) is 19.3 Å². The molecule has 1 fully saturated rings. The predicted molar refractivity (Wildman–Crippen MR) is 48.6 cm³/mol. The van der Waals surface area contributed by atoms with E-state index in [0.717, 1.165) is 6.54 Å². The van der Waals surface area contributed by atoms with Crippen LogP contribution in [0.25, 0.3) is 0 Å². The molecule has 1 N–H and O–H groups in total. The van der Waals surface area contributed by atoms with Crippen LogP contribution in [0.2, 0.25) is 0 Å². The summed E-state index contributed by atoms with van der Waals surface area (Å²) in [7, 11) is 0. The van der Waals surface area contributed by atoms with Crippen molar-refractivity contribution in [3.8, 4) is 0 Å². The third-order valence-electron chi connectivity index (χ3n) is 2.51. The van der Waals surface area contributed by atoms with Gasteiger partial charge in [-0.05, 0) is 24.8 Å². The first-order valence-corrected chi connectivity index (χ1v) is 5.50. The van der Waals surface area contributed by atoms with Gasteiger partial charge in [0, 0.05) is 6.54 Å². The molecular formula is C8H12N2O2S. The van der Waals surface area contributed by atoms with Crippen LogP contribution < -0.4 is 0 Å². The van der Waals surface area contributed by atoms with Crippen LogP contribution in [0, 0.1) is 5.92 Å². The van der Waals surface area contributed by atoms with Crippen molar-refractivity contribution in [2.75, 3.05) is 0 Å². The Morgan fingerprint density at radius 1 is 1.69 bits per heavy atom. The molecule has 5 heteroatoms. The molecule has 4 nitrogen and oxygen atoms in total. The van der Waals surface area contributed by atoms with Crippen molar-refractivity contribution in [2.45, 2.75) is 30.8 Å². The van der Waals surface area contributed by atoms with Gasteiger partial charge in [0.05, 0.1) is 6.20 Å². The van der Waals surface area contributed by atoms with Gasteiger partial charge in [0.25, 0.3) is 0 Å². The molecule has 1 aromatic heterocycles. The minimum absolute atomic E-state index is 0.409. The average molecular weight is 200 g/mol. The summed E-state index contributed by atoms with van der Waals surface area (Å²) in [5.41, 5.74) is 0. The zero-order chi connectivity index (χ0) is 9.26. The number of hydrogen-bond acceptors (Lipinski definition) is 2. The van der Waals surface area contributed by atoms with E-state index in [4.69, 9.17) is 4.55 Å². The first kappa shape index (κ1) is 8.90. The lowest BCUT2D eigenvalue weighted by molar-refractivity contribution is 0.258. The van der Waals surface area contributed by atoms with Crippen LogP contribution >= 0.6 is 0 Å². The highest BCUT2D eigenvalue weighted by Gasteiger charge is 2.20. The summed E-state index contributed by atoms with van der Waals surface area (Å²) in [5.74, 6) is 0.655. The van der Waals surface area contributed by atoms with Gasteiger partial charge in [-0.25, -0.2) is 4.21 Å². The lowest BCUT2D eigenvalue weighted by atomic mass is 9.85. The molecule has 1 aromatic rings. The second-order valence-corrected chi connectivity index (χ2v) is 4.31. The van der Waals surface area contributed by atoms with E-state index in [1.807, 2.05) is 0 Å². The van der Waals surface area contributed by atoms with Gasteiger partial charge in [0.15, 0.2) is 5.03 Å². The van der Waals surface area contributed by atoms with Crippen molar-refractivity contribution < 1.29 is 8.76 Å². The van der Waals surface area contributed by atoms with Gasteiger partial charge in [0.1, 0.15) is 0 Å². The van der Waals surface area contributed by atoms with Crippen molar-refractivity contribution >= 4 is 11.1 Å². The van der Waals surface area contributed by atoms with Crippen LogP contribution in [0.15, 0.2) is 17.3 Å². The van der Waals surface area contributed by atoms with E-state index < -0.39 is 11.1 Å². The lowest BCUT2D eigenvalue weighted by Gasteiger charge is -2.25. The van der Waals surface area contributed by atoms with Gasteiger partial charge >= 0.3 is 0 Å². The molecule has 72 valence electrons. The number of hydrogen-bond donors (Lipinski definition) is 1. The molecule has 0 radical (unpaired) electrons. The van der Waals surface area contributed by atoms with E-state index in [-0.39, 0.29) is 0 Å². The zero-order valence-corrected chi connectivity index (χ0v) is 8.04. The van der Waals surface area contributed by atoms with Crippen molar-refractivity contribution in [1.29, 1.82) is 0 Å². The Bertz CT molecular complexity index is 320. The molecule has 1 heterocycles. The van der Waals surface area contributed by atoms with E-state index in [0.29, 0.717) is 10.9 Å². The molecule has 1 aliphatic carbocycles. The maximum absolute atomic E-state index is 10.8. The Hall–Kier alpha value is -0.680. The minimum atomic E-state index is -1.90. The molecule has 0 aliphatic heterocycles. The van der Waals surface area contributed by atoms with E-state index >= 15 is 0 Å². The minimum Gasteiger partial charge on any atom is -0.301 e. The molecule has 2 rings (SSSR count). The summed E-state index contributed by atoms with van der Waals surface area (Å²) in [6, 6.07) is 1.59. The Labute approximate surface area is 79.2 Å². The van der Waals surface area contributed by atoms with Crippen LogP contribution in [-0.4, -0.2) is 18.5 Å². The average Bonchev–Trinajstić information content (AvgIpc) is 2.44. The van der Waals surface area contributed by atoms with Crippen molar-refractivity contribution in [1.82, 2.24) is 9.78 Å². The largest absolute Gasteiger partial charge is 0.301 e.